The first-order valence-corrected chi connectivity index (χ1v) is 8.78. The Morgan fingerprint density at radius 3 is 1.36 bits per heavy atom. The monoisotopic (exact) mass is 308 g/mol. The topological polar surface area (TPSA) is 82.3 Å². The van der Waals surface area contributed by atoms with Gasteiger partial charge in [0.1, 0.15) is 0 Å². The Kier molecular flexibility index (Phi) is 5.31. The molecule has 4 fully saturated rings. The maximum Gasteiger partial charge on any atom is 0.234 e. The van der Waals surface area contributed by atoms with Gasteiger partial charge >= 0.3 is 0 Å². The smallest absolute Gasteiger partial charge is 0.234 e. The second kappa shape index (κ2) is 7.42. The highest BCUT2D eigenvalue weighted by Gasteiger charge is 2.30. The summed E-state index contributed by atoms with van der Waals surface area (Å²) in [5.41, 5.74) is 0. The molecule has 0 aromatic heterocycles. The van der Waals surface area contributed by atoms with Crippen molar-refractivity contribution in [1.29, 1.82) is 0 Å². The molecular formula is C16H28N4O2. The van der Waals surface area contributed by atoms with Crippen LogP contribution < -0.4 is 21.3 Å². The molecule has 2 aliphatic carbocycles. The molecule has 2 aliphatic heterocycles. The fourth-order valence-corrected chi connectivity index (χ4v) is 4.06. The zero-order valence-electron chi connectivity index (χ0n) is 13.2. The van der Waals surface area contributed by atoms with E-state index in [-0.39, 0.29) is 11.8 Å². The third-order valence-corrected chi connectivity index (χ3v) is 5.27. The van der Waals surface area contributed by atoms with Crippen molar-refractivity contribution in [3.05, 3.63) is 0 Å². The lowest BCUT2D eigenvalue weighted by Gasteiger charge is -2.36. The summed E-state index contributed by atoms with van der Waals surface area (Å²) in [4.78, 5) is 21.9. The molecule has 4 aliphatic rings. The van der Waals surface area contributed by atoms with Crippen LogP contribution in [0.15, 0.2) is 0 Å². The largest absolute Gasteiger partial charge is 0.351 e. The zero-order chi connectivity index (χ0) is 15.4. The number of rotatable bonds is 0. The fraction of sp³-hybridized carbons (Fsp3) is 0.875. The lowest BCUT2D eigenvalue weighted by atomic mass is 9.89. The maximum atomic E-state index is 10.9. The molecule has 4 rings (SSSR count). The minimum atomic E-state index is 0.160. The lowest BCUT2D eigenvalue weighted by Crippen LogP contribution is -2.59. The van der Waals surface area contributed by atoms with E-state index in [1.165, 1.54) is 38.5 Å². The first-order valence-electron chi connectivity index (χ1n) is 8.78. The highest BCUT2D eigenvalue weighted by molar-refractivity contribution is 5.79. The second-order valence-corrected chi connectivity index (χ2v) is 6.89. The molecule has 4 N–H and O–H groups in total. The summed E-state index contributed by atoms with van der Waals surface area (Å²) in [5.74, 6) is 0.321. The summed E-state index contributed by atoms with van der Waals surface area (Å²) in [7, 11) is 0. The summed E-state index contributed by atoms with van der Waals surface area (Å²) in [6, 6.07) is 1.96. The van der Waals surface area contributed by atoms with Gasteiger partial charge in [0.15, 0.2) is 0 Å². The van der Waals surface area contributed by atoms with Crippen LogP contribution in [0.25, 0.3) is 0 Å². The summed E-state index contributed by atoms with van der Waals surface area (Å²) in [6.07, 6.45) is 9.92. The molecule has 22 heavy (non-hydrogen) atoms. The maximum absolute atomic E-state index is 10.9. The third-order valence-electron chi connectivity index (χ3n) is 5.27. The van der Waals surface area contributed by atoms with E-state index in [2.05, 4.69) is 21.3 Å². The van der Waals surface area contributed by atoms with E-state index < -0.39 is 0 Å². The van der Waals surface area contributed by atoms with Crippen molar-refractivity contribution in [3.63, 3.8) is 0 Å². The standard InChI is InChI=1S/2C8H14N2O/c2*11-8-5-9-6-3-1-2-4-7(6)10-8/h2*6-7,9H,1-5H2,(H,10,11)/t2*6-,7+/m10/s1. The van der Waals surface area contributed by atoms with Gasteiger partial charge in [0.25, 0.3) is 0 Å². The van der Waals surface area contributed by atoms with E-state index in [4.69, 9.17) is 0 Å². The van der Waals surface area contributed by atoms with Gasteiger partial charge in [-0.2, -0.15) is 0 Å². The second-order valence-electron chi connectivity index (χ2n) is 6.89. The lowest BCUT2D eigenvalue weighted by molar-refractivity contribution is -0.124. The minimum Gasteiger partial charge on any atom is -0.351 e. The van der Waals surface area contributed by atoms with Crippen molar-refractivity contribution >= 4 is 11.8 Å². The molecule has 124 valence electrons. The molecule has 0 aromatic carbocycles. The van der Waals surface area contributed by atoms with E-state index >= 15 is 0 Å². The average molecular weight is 308 g/mol. The normalized spacial score (nSPS) is 37.6. The van der Waals surface area contributed by atoms with E-state index in [1.807, 2.05) is 0 Å². The molecule has 0 bridgehead atoms. The van der Waals surface area contributed by atoms with Crippen molar-refractivity contribution in [3.8, 4) is 0 Å². The van der Waals surface area contributed by atoms with Gasteiger partial charge in [-0.1, -0.05) is 25.7 Å². The number of carbonyl (C=O) groups excluding carboxylic acids is 2. The third kappa shape index (κ3) is 3.98. The van der Waals surface area contributed by atoms with Gasteiger partial charge in [0.05, 0.1) is 13.1 Å². The van der Waals surface area contributed by atoms with Crippen molar-refractivity contribution in [2.75, 3.05) is 13.1 Å². The van der Waals surface area contributed by atoms with Crippen LogP contribution in [0.5, 0.6) is 0 Å². The van der Waals surface area contributed by atoms with Gasteiger partial charge in [-0.3, -0.25) is 9.59 Å². The first-order chi connectivity index (χ1) is 10.7. The summed E-state index contributed by atoms with van der Waals surface area (Å²) in [5, 5.41) is 12.6. The van der Waals surface area contributed by atoms with Crippen LogP contribution in [0.3, 0.4) is 0 Å². The molecule has 0 aromatic rings. The summed E-state index contributed by atoms with van der Waals surface area (Å²) < 4.78 is 0. The Morgan fingerprint density at radius 1 is 0.591 bits per heavy atom. The number of piperazine rings is 2. The Labute approximate surface area is 132 Å². The number of nitrogens with one attached hydrogen (secondary N) is 4. The molecule has 0 spiro atoms. The quantitative estimate of drug-likeness (QED) is 0.509. The van der Waals surface area contributed by atoms with Gasteiger partial charge in [0.2, 0.25) is 11.8 Å². The summed E-state index contributed by atoms with van der Waals surface area (Å²) >= 11 is 0. The van der Waals surface area contributed by atoms with Crippen LogP contribution >= 0.6 is 0 Å². The van der Waals surface area contributed by atoms with Gasteiger partial charge in [-0.05, 0) is 25.7 Å². The van der Waals surface area contributed by atoms with E-state index in [0.29, 0.717) is 37.3 Å². The number of hydrogen-bond acceptors (Lipinski definition) is 4. The molecule has 2 heterocycles. The van der Waals surface area contributed by atoms with Crippen molar-refractivity contribution in [2.24, 2.45) is 0 Å². The molecule has 2 saturated carbocycles. The highest BCUT2D eigenvalue weighted by Crippen LogP contribution is 2.20. The first kappa shape index (κ1) is 15.7. The Morgan fingerprint density at radius 2 is 0.955 bits per heavy atom. The van der Waals surface area contributed by atoms with Crippen molar-refractivity contribution < 1.29 is 9.59 Å². The van der Waals surface area contributed by atoms with E-state index in [0.717, 1.165) is 12.8 Å². The number of carbonyl (C=O) groups is 2. The van der Waals surface area contributed by atoms with Crippen molar-refractivity contribution in [1.82, 2.24) is 21.3 Å². The van der Waals surface area contributed by atoms with Gasteiger partial charge in [-0.25, -0.2) is 0 Å². The number of hydrogen-bond donors (Lipinski definition) is 4. The molecule has 0 radical (unpaired) electrons. The Balaban J connectivity index is 0.000000131. The van der Waals surface area contributed by atoms with Crippen LogP contribution in [0.2, 0.25) is 0 Å². The molecule has 4 atom stereocenters. The molecule has 2 saturated heterocycles. The minimum absolute atomic E-state index is 0.160. The SMILES string of the molecule is O=C1CN[C@@H]2CCCC[C@@H]2N1.O=C1CN[C@H]2CCCC[C@H]2N1. The molecule has 2 amide bonds. The van der Waals surface area contributed by atoms with Gasteiger partial charge in [-0.15, -0.1) is 0 Å². The average Bonchev–Trinajstić information content (AvgIpc) is 2.55. The van der Waals surface area contributed by atoms with Gasteiger partial charge < -0.3 is 21.3 Å². The van der Waals surface area contributed by atoms with Crippen LogP contribution in [0, 0.1) is 0 Å². The fourth-order valence-electron chi connectivity index (χ4n) is 4.06. The van der Waals surface area contributed by atoms with Gasteiger partial charge in [0, 0.05) is 24.2 Å². The molecule has 0 unspecified atom stereocenters. The van der Waals surface area contributed by atoms with Crippen LogP contribution in [-0.4, -0.2) is 49.1 Å². The molecule has 6 heteroatoms. The zero-order valence-corrected chi connectivity index (χ0v) is 13.2. The molecule has 6 nitrogen and oxygen atoms in total. The van der Waals surface area contributed by atoms with Crippen LogP contribution in [0.4, 0.5) is 0 Å². The Bertz CT molecular complexity index is 377. The number of fused-ring (bicyclic) bond motifs is 2. The van der Waals surface area contributed by atoms with Crippen LogP contribution in [0.1, 0.15) is 51.4 Å². The Hall–Kier alpha value is -1.14. The number of amides is 2. The predicted molar refractivity (Wildman–Crippen MR) is 84.4 cm³/mol. The summed E-state index contributed by atoms with van der Waals surface area (Å²) in [6.45, 7) is 1.03. The van der Waals surface area contributed by atoms with Crippen LogP contribution in [-0.2, 0) is 9.59 Å². The van der Waals surface area contributed by atoms with E-state index in [1.54, 1.807) is 0 Å². The predicted octanol–water partition coefficient (Wildman–Crippen LogP) is 0.0340. The van der Waals surface area contributed by atoms with E-state index in [9.17, 15) is 9.59 Å². The molecular weight excluding hydrogens is 280 g/mol. The van der Waals surface area contributed by atoms with Crippen molar-refractivity contribution in [2.45, 2.75) is 75.5 Å². The highest BCUT2D eigenvalue weighted by atomic mass is 16.2.